The van der Waals surface area contributed by atoms with Crippen molar-refractivity contribution in [1.82, 2.24) is 25.2 Å². The van der Waals surface area contributed by atoms with Crippen molar-refractivity contribution in [3.05, 3.63) is 28.1 Å². The molecule has 0 aromatic carbocycles. The van der Waals surface area contributed by atoms with Gasteiger partial charge in [-0.3, -0.25) is 9.48 Å². The van der Waals surface area contributed by atoms with E-state index in [4.69, 9.17) is 20.9 Å². The molecule has 3 heterocycles. The summed E-state index contributed by atoms with van der Waals surface area (Å²) in [7, 11) is 0. The van der Waals surface area contributed by atoms with Crippen molar-refractivity contribution in [2.24, 2.45) is 0 Å². The lowest BCUT2D eigenvalue weighted by molar-refractivity contribution is -0.121. The molecule has 3 rings (SSSR count). The number of carbonyl (C=O) groups is 1. The maximum absolute atomic E-state index is 12.0. The summed E-state index contributed by atoms with van der Waals surface area (Å²) >= 11 is 6.07. The molecule has 2 aromatic heterocycles. The zero-order valence-corrected chi connectivity index (χ0v) is 14.5. The molecule has 24 heavy (non-hydrogen) atoms. The Balaban J connectivity index is 1.46. The molecule has 9 heteroatoms. The molecule has 0 aliphatic carbocycles. The number of nitrogens with one attached hydrogen (secondary N) is 1. The van der Waals surface area contributed by atoms with Gasteiger partial charge in [0, 0.05) is 19.6 Å². The SMILES string of the molecule is Cc1nn(CC(=O)NCCc2noc(C3CCCO3)n2)c(C)c1Cl. The van der Waals surface area contributed by atoms with E-state index in [1.54, 1.807) is 4.68 Å². The number of hydrogen-bond donors (Lipinski definition) is 1. The van der Waals surface area contributed by atoms with Gasteiger partial charge in [0.2, 0.25) is 5.91 Å². The molecule has 130 valence electrons. The van der Waals surface area contributed by atoms with Gasteiger partial charge in [0.1, 0.15) is 12.6 Å². The van der Waals surface area contributed by atoms with Crippen molar-refractivity contribution >= 4 is 17.5 Å². The molecule has 0 bridgehead atoms. The van der Waals surface area contributed by atoms with E-state index in [9.17, 15) is 4.79 Å². The highest BCUT2D eigenvalue weighted by Gasteiger charge is 2.23. The maximum atomic E-state index is 12.0. The fourth-order valence-electron chi connectivity index (χ4n) is 2.61. The van der Waals surface area contributed by atoms with Crippen LogP contribution in [0.2, 0.25) is 5.02 Å². The van der Waals surface area contributed by atoms with Crippen LogP contribution in [-0.2, 0) is 22.5 Å². The Bertz CT molecular complexity index is 721. The second kappa shape index (κ2) is 7.31. The highest BCUT2D eigenvalue weighted by molar-refractivity contribution is 6.31. The predicted octanol–water partition coefficient (Wildman–Crippen LogP) is 1.75. The van der Waals surface area contributed by atoms with Gasteiger partial charge in [-0.05, 0) is 26.7 Å². The molecule has 1 N–H and O–H groups in total. The lowest BCUT2D eigenvalue weighted by Gasteiger charge is -2.05. The summed E-state index contributed by atoms with van der Waals surface area (Å²) in [6.45, 7) is 4.94. The zero-order chi connectivity index (χ0) is 17.1. The first-order chi connectivity index (χ1) is 11.5. The summed E-state index contributed by atoms with van der Waals surface area (Å²) in [4.78, 5) is 16.3. The van der Waals surface area contributed by atoms with E-state index < -0.39 is 0 Å². The van der Waals surface area contributed by atoms with Crippen LogP contribution in [0.1, 0.15) is 42.0 Å². The number of amides is 1. The molecule has 0 saturated carbocycles. The number of rotatable bonds is 6. The van der Waals surface area contributed by atoms with Gasteiger partial charge in [-0.1, -0.05) is 16.8 Å². The number of nitrogens with zero attached hydrogens (tertiary/aromatic N) is 4. The van der Waals surface area contributed by atoms with Gasteiger partial charge >= 0.3 is 0 Å². The number of aryl methyl sites for hydroxylation is 1. The van der Waals surface area contributed by atoms with Crippen molar-refractivity contribution in [3.8, 4) is 0 Å². The Morgan fingerprint density at radius 3 is 2.96 bits per heavy atom. The lowest BCUT2D eigenvalue weighted by Crippen LogP contribution is -2.30. The fourth-order valence-corrected chi connectivity index (χ4v) is 2.74. The third-order valence-electron chi connectivity index (χ3n) is 3.95. The monoisotopic (exact) mass is 353 g/mol. The molecule has 1 saturated heterocycles. The number of hydrogen-bond acceptors (Lipinski definition) is 6. The van der Waals surface area contributed by atoms with E-state index in [0.29, 0.717) is 29.7 Å². The van der Waals surface area contributed by atoms with Gasteiger partial charge in [0.25, 0.3) is 5.89 Å². The quantitative estimate of drug-likeness (QED) is 0.850. The van der Waals surface area contributed by atoms with E-state index in [1.165, 1.54) is 0 Å². The average molecular weight is 354 g/mol. The van der Waals surface area contributed by atoms with Crippen LogP contribution in [0.3, 0.4) is 0 Å². The minimum Gasteiger partial charge on any atom is -0.368 e. The normalized spacial score (nSPS) is 17.4. The van der Waals surface area contributed by atoms with Crippen molar-refractivity contribution in [2.75, 3.05) is 13.2 Å². The smallest absolute Gasteiger partial charge is 0.255 e. The minimum atomic E-state index is -0.139. The molecular formula is C15H20ClN5O3. The van der Waals surface area contributed by atoms with Gasteiger partial charge in [-0.15, -0.1) is 0 Å². The molecular weight excluding hydrogens is 334 g/mol. The van der Waals surface area contributed by atoms with E-state index in [2.05, 4.69) is 20.6 Å². The van der Waals surface area contributed by atoms with Crippen molar-refractivity contribution in [2.45, 2.75) is 45.8 Å². The van der Waals surface area contributed by atoms with Crippen molar-refractivity contribution in [3.63, 3.8) is 0 Å². The van der Waals surface area contributed by atoms with Crippen LogP contribution < -0.4 is 5.32 Å². The average Bonchev–Trinajstić information content (AvgIpc) is 3.27. The van der Waals surface area contributed by atoms with Gasteiger partial charge in [0.15, 0.2) is 5.82 Å². The van der Waals surface area contributed by atoms with Crippen molar-refractivity contribution in [1.29, 1.82) is 0 Å². The molecule has 0 spiro atoms. The predicted molar refractivity (Wildman–Crippen MR) is 85.6 cm³/mol. The maximum Gasteiger partial charge on any atom is 0.255 e. The highest BCUT2D eigenvalue weighted by atomic mass is 35.5. The van der Waals surface area contributed by atoms with Crippen LogP contribution in [-0.4, -0.2) is 39.0 Å². The van der Waals surface area contributed by atoms with Crippen LogP contribution in [0, 0.1) is 13.8 Å². The third-order valence-corrected chi connectivity index (χ3v) is 4.49. The first-order valence-corrected chi connectivity index (χ1v) is 8.32. The van der Waals surface area contributed by atoms with E-state index >= 15 is 0 Å². The van der Waals surface area contributed by atoms with Crippen LogP contribution in [0.15, 0.2) is 4.52 Å². The fraction of sp³-hybridized carbons (Fsp3) is 0.600. The van der Waals surface area contributed by atoms with E-state index in [-0.39, 0.29) is 18.6 Å². The number of carbonyl (C=O) groups excluding carboxylic acids is 1. The van der Waals surface area contributed by atoms with Gasteiger partial charge in [-0.25, -0.2) is 0 Å². The first kappa shape index (κ1) is 16.9. The Morgan fingerprint density at radius 2 is 2.29 bits per heavy atom. The molecule has 2 aromatic rings. The second-order valence-corrected chi connectivity index (χ2v) is 6.17. The van der Waals surface area contributed by atoms with Crippen molar-refractivity contribution < 1.29 is 14.1 Å². The molecule has 1 aliphatic rings. The highest BCUT2D eigenvalue weighted by Crippen LogP contribution is 2.26. The van der Waals surface area contributed by atoms with Gasteiger partial charge in [0.05, 0.1) is 16.4 Å². The second-order valence-electron chi connectivity index (χ2n) is 5.79. The van der Waals surface area contributed by atoms with Gasteiger partial charge in [-0.2, -0.15) is 10.1 Å². The molecule has 1 fully saturated rings. The standard InChI is InChI=1S/C15H20ClN5O3/c1-9-14(16)10(2)21(19-9)8-13(22)17-6-5-12-18-15(24-20-12)11-4-3-7-23-11/h11H,3-8H2,1-2H3,(H,17,22). The molecule has 1 amide bonds. The summed E-state index contributed by atoms with van der Waals surface area (Å²) in [5.41, 5.74) is 1.50. The van der Waals surface area contributed by atoms with Crippen LogP contribution in [0.25, 0.3) is 0 Å². The van der Waals surface area contributed by atoms with Gasteiger partial charge < -0.3 is 14.6 Å². The summed E-state index contributed by atoms with van der Waals surface area (Å²) in [6.07, 6.45) is 2.33. The largest absolute Gasteiger partial charge is 0.368 e. The first-order valence-electron chi connectivity index (χ1n) is 7.95. The summed E-state index contributed by atoms with van der Waals surface area (Å²) in [6, 6.07) is 0. The summed E-state index contributed by atoms with van der Waals surface area (Å²) < 4.78 is 12.3. The lowest BCUT2D eigenvalue weighted by atomic mass is 10.2. The summed E-state index contributed by atoms with van der Waals surface area (Å²) in [5.74, 6) is 0.946. The summed E-state index contributed by atoms with van der Waals surface area (Å²) in [5, 5.41) is 11.6. The third kappa shape index (κ3) is 3.76. The number of halogens is 1. The van der Waals surface area contributed by atoms with E-state index in [1.807, 2.05) is 13.8 Å². The Kier molecular flexibility index (Phi) is 5.15. The van der Waals surface area contributed by atoms with Crippen LogP contribution in [0.5, 0.6) is 0 Å². The molecule has 8 nitrogen and oxygen atoms in total. The topological polar surface area (TPSA) is 95.1 Å². The molecule has 1 aliphatic heterocycles. The number of ether oxygens (including phenoxy) is 1. The molecule has 1 atom stereocenters. The van der Waals surface area contributed by atoms with E-state index in [0.717, 1.165) is 30.8 Å². The Morgan fingerprint density at radius 1 is 1.46 bits per heavy atom. The Labute approximate surface area is 144 Å². The Hall–Kier alpha value is -1.93. The molecule has 1 unspecified atom stereocenters. The molecule has 0 radical (unpaired) electrons. The minimum absolute atomic E-state index is 0.0865. The van der Waals surface area contributed by atoms with Crippen LogP contribution in [0.4, 0.5) is 0 Å². The van der Waals surface area contributed by atoms with Crippen LogP contribution >= 0.6 is 11.6 Å². The number of aromatic nitrogens is 4. The zero-order valence-electron chi connectivity index (χ0n) is 13.7.